The molecule has 1 aliphatic rings. The Kier molecular flexibility index (Phi) is 5.90. The molecule has 0 aliphatic carbocycles. The van der Waals surface area contributed by atoms with E-state index in [1.807, 2.05) is 26.0 Å². The van der Waals surface area contributed by atoms with Crippen LogP contribution in [0.4, 0.5) is 0 Å². The number of hydrogen-bond donors (Lipinski definition) is 0. The predicted molar refractivity (Wildman–Crippen MR) is 118 cm³/mol. The van der Waals surface area contributed by atoms with Gasteiger partial charge in [-0.15, -0.1) is 0 Å². The van der Waals surface area contributed by atoms with Gasteiger partial charge in [-0.05, 0) is 61.7 Å². The average molecular weight is 439 g/mol. The zero-order valence-corrected chi connectivity index (χ0v) is 18.3. The molecule has 1 aliphatic heterocycles. The van der Waals surface area contributed by atoms with Crippen LogP contribution in [0, 0.1) is 13.8 Å². The minimum atomic E-state index is -0.420. The summed E-state index contributed by atoms with van der Waals surface area (Å²) in [6.45, 7) is 6.25. The number of benzene rings is 2. The SMILES string of the molecule is CCOC(=O)Cn1c(=NC(=O)/C=C\c2ccc3c(c2)OCO3)sc2c(C)cc(C)cc21. The third kappa shape index (κ3) is 4.54. The highest BCUT2D eigenvalue weighted by atomic mass is 32.1. The first-order valence-electron chi connectivity index (χ1n) is 9.87. The average Bonchev–Trinajstić information content (AvgIpc) is 3.32. The van der Waals surface area contributed by atoms with Gasteiger partial charge in [0.05, 0.1) is 16.8 Å². The molecule has 0 spiro atoms. The second-order valence-electron chi connectivity index (χ2n) is 7.10. The summed E-state index contributed by atoms with van der Waals surface area (Å²) in [5, 5.41) is 0. The lowest BCUT2D eigenvalue weighted by Crippen LogP contribution is -2.22. The topological polar surface area (TPSA) is 79.1 Å². The van der Waals surface area contributed by atoms with Crippen LogP contribution in [0.15, 0.2) is 41.4 Å². The van der Waals surface area contributed by atoms with Crippen LogP contribution in [0.1, 0.15) is 23.6 Å². The van der Waals surface area contributed by atoms with Gasteiger partial charge in [0.15, 0.2) is 16.3 Å². The Bertz CT molecular complexity index is 1270. The first-order valence-corrected chi connectivity index (χ1v) is 10.7. The summed E-state index contributed by atoms with van der Waals surface area (Å²) in [6, 6.07) is 9.50. The molecular weight excluding hydrogens is 416 g/mol. The molecule has 4 rings (SSSR count). The van der Waals surface area contributed by atoms with Gasteiger partial charge in [-0.1, -0.05) is 23.5 Å². The van der Waals surface area contributed by atoms with E-state index < -0.39 is 5.91 Å². The van der Waals surface area contributed by atoms with Crippen LogP contribution in [0.5, 0.6) is 11.5 Å². The van der Waals surface area contributed by atoms with Crippen LogP contribution in [-0.2, 0) is 20.9 Å². The molecule has 0 N–H and O–H groups in total. The minimum absolute atomic E-state index is 0.00524. The Labute approximate surface area is 183 Å². The third-order valence-corrected chi connectivity index (χ3v) is 5.96. The van der Waals surface area contributed by atoms with E-state index in [1.54, 1.807) is 29.7 Å². The summed E-state index contributed by atoms with van der Waals surface area (Å²) in [4.78, 5) is 29.5. The van der Waals surface area contributed by atoms with Crippen LogP contribution in [0.3, 0.4) is 0 Å². The molecule has 3 aromatic rings. The van der Waals surface area contributed by atoms with Gasteiger partial charge in [0.1, 0.15) is 6.54 Å². The molecule has 1 amide bonds. The van der Waals surface area contributed by atoms with Crippen LogP contribution >= 0.6 is 11.3 Å². The van der Waals surface area contributed by atoms with Gasteiger partial charge in [0.25, 0.3) is 5.91 Å². The van der Waals surface area contributed by atoms with E-state index in [0.29, 0.717) is 22.9 Å². The first-order chi connectivity index (χ1) is 14.9. The van der Waals surface area contributed by atoms with Gasteiger partial charge >= 0.3 is 5.97 Å². The largest absolute Gasteiger partial charge is 0.465 e. The van der Waals surface area contributed by atoms with Crippen LogP contribution in [-0.4, -0.2) is 29.8 Å². The number of esters is 1. The summed E-state index contributed by atoms with van der Waals surface area (Å²) in [5.41, 5.74) is 3.81. The zero-order chi connectivity index (χ0) is 22.0. The van der Waals surface area contributed by atoms with Gasteiger partial charge in [0.2, 0.25) is 6.79 Å². The van der Waals surface area contributed by atoms with Crippen molar-refractivity contribution in [1.29, 1.82) is 0 Å². The normalized spacial score (nSPS) is 13.3. The summed E-state index contributed by atoms with van der Waals surface area (Å²) < 4.78 is 18.5. The van der Waals surface area contributed by atoms with E-state index in [1.165, 1.54) is 17.4 Å². The number of thiazole rings is 1. The zero-order valence-electron chi connectivity index (χ0n) is 17.5. The maximum Gasteiger partial charge on any atom is 0.326 e. The van der Waals surface area contributed by atoms with Crippen LogP contribution in [0.25, 0.3) is 16.3 Å². The summed E-state index contributed by atoms with van der Waals surface area (Å²) in [6.07, 6.45) is 3.07. The fourth-order valence-corrected chi connectivity index (χ4v) is 4.49. The fourth-order valence-electron chi connectivity index (χ4n) is 3.40. The molecule has 2 aromatic carbocycles. The lowest BCUT2D eigenvalue weighted by atomic mass is 10.1. The van der Waals surface area contributed by atoms with Gasteiger partial charge in [-0.25, -0.2) is 0 Å². The molecule has 0 unspecified atom stereocenters. The molecule has 0 fully saturated rings. The van der Waals surface area contributed by atoms with E-state index in [0.717, 1.165) is 26.9 Å². The van der Waals surface area contributed by atoms with Crippen molar-refractivity contribution in [2.75, 3.05) is 13.4 Å². The first kappa shape index (κ1) is 20.9. The van der Waals surface area contributed by atoms with E-state index in [9.17, 15) is 9.59 Å². The van der Waals surface area contributed by atoms with Crippen LogP contribution < -0.4 is 14.3 Å². The van der Waals surface area contributed by atoms with Crippen molar-refractivity contribution >= 4 is 39.5 Å². The predicted octanol–water partition coefficient (Wildman–Crippen LogP) is 3.75. The molecule has 0 bridgehead atoms. The molecule has 0 radical (unpaired) electrons. The Hall–Kier alpha value is -3.39. The second-order valence-corrected chi connectivity index (χ2v) is 8.08. The highest BCUT2D eigenvalue weighted by Gasteiger charge is 2.14. The number of rotatable bonds is 5. The molecule has 31 heavy (non-hydrogen) atoms. The van der Waals surface area contributed by atoms with Crippen molar-refractivity contribution in [3.63, 3.8) is 0 Å². The standard InChI is InChI=1S/C23H22N2O5S/c1-4-28-21(27)12-25-17-10-14(2)9-15(3)22(17)31-23(25)24-20(26)8-6-16-5-7-18-19(11-16)30-13-29-18/h5-11H,4,12-13H2,1-3H3/b8-6-,24-23?. The van der Waals surface area contributed by atoms with Gasteiger partial charge in [0, 0.05) is 6.08 Å². The van der Waals surface area contributed by atoms with Gasteiger partial charge < -0.3 is 18.8 Å². The lowest BCUT2D eigenvalue weighted by Gasteiger charge is -2.06. The molecular formula is C23H22N2O5S. The van der Waals surface area contributed by atoms with E-state index in [-0.39, 0.29) is 19.3 Å². The van der Waals surface area contributed by atoms with Crippen LogP contribution in [0.2, 0.25) is 0 Å². The molecule has 7 nitrogen and oxygen atoms in total. The molecule has 160 valence electrons. The number of aromatic nitrogens is 1. The molecule has 0 saturated carbocycles. The van der Waals surface area contributed by atoms with Gasteiger partial charge in [-0.3, -0.25) is 9.59 Å². The highest BCUT2D eigenvalue weighted by Crippen LogP contribution is 2.32. The Balaban J connectivity index is 1.69. The summed E-state index contributed by atoms with van der Waals surface area (Å²) >= 11 is 1.38. The number of hydrogen-bond acceptors (Lipinski definition) is 6. The monoisotopic (exact) mass is 438 g/mol. The number of ether oxygens (including phenoxy) is 3. The minimum Gasteiger partial charge on any atom is -0.465 e. The molecule has 8 heteroatoms. The Morgan fingerprint density at radius 1 is 1.19 bits per heavy atom. The van der Waals surface area contributed by atoms with Crippen molar-refractivity contribution in [1.82, 2.24) is 4.57 Å². The quantitative estimate of drug-likeness (QED) is 0.448. The van der Waals surface area contributed by atoms with Gasteiger partial charge in [-0.2, -0.15) is 4.99 Å². The number of carbonyl (C=O) groups excluding carboxylic acids is 2. The molecule has 1 aromatic heterocycles. The van der Waals surface area contributed by atoms with Crippen molar-refractivity contribution < 1.29 is 23.8 Å². The number of aryl methyl sites for hydroxylation is 2. The fraction of sp³-hybridized carbons (Fsp3) is 0.261. The molecule has 0 saturated heterocycles. The number of nitrogens with zero attached hydrogens (tertiary/aromatic N) is 2. The molecule has 2 heterocycles. The Morgan fingerprint density at radius 3 is 2.81 bits per heavy atom. The lowest BCUT2D eigenvalue weighted by molar-refractivity contribution is -0.143. The maximum atomic E-state index is 12.6. The Morgan fingerprint density at radius 2 is 2.00 bits per heavy atom. The number of fused-ring (bicyclic) bond motifs is 2. The number of carbonyl (C=O) groups is 2. The highest BCUT2D eigenvalue weighted by molar-refractivity contribution is 7.16. The maximum absolute atomic E-state index is 12.6. The second kappa shape index (κ2) is 8.77. The van der Waals surface area contributed by atoms with Crippen molar-refractivity contribution in [2.45, 2.75) is 27.3 Å². The van der Waals surface area contributed by atoms with Crippen molar-refractivity contribution in [3.8, 4) is 11.5 Å². The van der Waals surface area contributed by atoms with E-state index in [2.05, 4.69) is 11.1 Å². The van der Waals surface area contributed by atoms with Crippen molar-refractivity contribution in [3.05, 3.63) is 57.9 Å². The van der Waals surface area contributed by atoms with E-state index >= 15 is 0 Å². The van der Waals surface area contributed by atoms with Crippen molar-refractivity contribution in [2.24, 2.45) is 4.99 Å². The summed E-state index contributed by atoms with van der Waals surface area (Å²) in [7, 11) is 0. The number of amides is 1. The third-order valence-electron chi connectivity index (χ3n) is 4.73. The summed E-state index contributed by atoms with van der Waals surface area (Å²) in [5.74, 6) is 0.542. The molecule has 0 atom stereocenters. The smallest absolute Gasteiger partial charge is 0.326 e. The van der Waals surface area contributed by atoms with E-state index in [4.69, 9.17) is 14.2 Å².